The molecule has 2 aliphatic rings. The van der Waals surface area contributed by atoms with Gasteiger partial charge in [-0.25, -0.2) is 4.79 Å². The van der Waals surface area contributed by atoms with Gasteiger partial charge in [0.25, 0.3) is 5.91 Å². The highest BCUT2D eigenvalue weighted by Gasteiger charge is 2.39. The van der Waals surface area contributed by atoms with E-state index in [1.807, 2.05) is 0 Å². The first-order chi connectivity index (χ1) is 21.1. The van der Waals surface area contributed by atoms with E-state index in [2.05, 4.69) is 9.72 Å². The average Bonchev–Trinajstić information content (AvgIpc) is 3.69. The number of hydrogen-bond acceptors (Lipinski definition) is 9. The second-order valence-electron chi connectivity index (χ2n) is 10.2. The molecule has 2 N–H and O–H groups in total. The molecule has 5 rings (SSSR count). The summed E-state index contributed by atoms with van der Waals surface area (Å²) < 4.78 is 43.2. The van der Waals surface area contributed by atoms with Crippen molar-refractivity contribution in [1.82, 2.24) is 9.88 Å². The number of carbonyl (C=O) groups is 2. The zero-order chi connectivity index (χ0) is 31.4. The van der Waals surface area contributed by atoms with E-state index in [1.165, 1.54) is 41.1 Å². The number of rotatable bonds is 12. The van der Waals surface area contributed by atoms with Crippen LogP contribution in [0.4, 0.5) is 8.78 Å². The third-order valence-electron chi connectivity index (χ3n) is 7.07. The molecule has 3 aromatic rings. The molecule has 2 fully saturated rings. The first-order valence-corrected chi connectivity index (χ1v) is 15.5. The molecule has 1 saturated carbocycles. The number of carbonyl (C=O) groups excluding carboxylic acids is 2. The minimum atomic E-state index is -3.08. The largest absolute Gasteiger partial charge is 0.619 e. The highest BCUT2D eigenvalue weighted by atomic mass is 35.5. The number of benzene rings is 1. The molecule has 1 amide bonds. The summed E-state index contributed by atoms with van der Waals surface area (Å²) in [5, 5.41) is 10.9. The Labute approximate surface area is 265 Å². The lowest BCUT2D eigenvalue weighted by Gasteiger charge is -2.26. The van der Waals surface area contributed by atoms with Crippen molar-refractivity contribution in [3.63, 3.8) is 0 Å². The van der Waals surface area contributed by atoms with Crippen molar-refractivity contribution in [2.45, 2.75) is 43.9 Å². The number of esters is 1. The van der Waals surface area contributed by atoms with Gasteiger partial charge in [0.15, 0.2) is 29.3 Å². The zero-order valence-corrected chi connectivity index (χ0v) is 25.5. The van der Waals surface area contributed by atoms with Crippen molar-refractivity contribution in [3.05, 3.63) is 86.6 Å². The summed E-state index contributed by atoms with van der Waals surface area (Å²) in [4.78, 5) is 32.5. The molecule has 1 aromatic carbocycles. The van der Waals surface area contributed by atoms with Crippen molar-refractivity contribution >= 4 is 46.8 Å². The maximum atomic E-state index is 13.7. The monoisotopic (exact) mass is 668 g/mol. The summed E-state index contributed by atoms with van der Waals surface area (Å²) in [6.07, 6.45) is 4.49. The van der Waals surface area contributed by atoms with Crippen LogP contribution in [0.1, 0.15) is 46.1 Å². The Morgan fingerprint density at radius 2 is 1.91 bits per heavy atom. The molecular formula is C29H28Cl2F2N4O6S. The second kappa shape index (κ2) is 14.1. The summed E-state index contributed by atoms with van der Waals surface area (Å²) in [6, 6.07) is 7.50. The van der Waals surface area contributed by atoms with Crippen LogP contribution in [0.3, 0.4) is 0 Å². The molecule has 2 aromatic heterocycles. The molecule has 1 aliphatic heterocycles. The van der Waals surface area contributed by atoms with Crippen LogP contribution in [0.15, 0.2) is 48.9 Å². The van der Waals surface area contributed by atoms with E-state index in [4.69, 9.17) is 38.4 Å². The Kier molecular flexibility index (Phi) is 10.3. The second-order valence-corrected chi connectivity index (χ2v) is 12.2. The maximum absolute atomic E-state index is 13.7. The van der Waals surface area contributed by atoms with Gasteiger partial charge in [0.2, 0.25) is 0 Å². The van der Waals surface area contributed by atoms with E-state index in [9.17, 15) is 23.6 Å². The summed E-state index contributed by atoms with van der Waals surface area (Å²) in [6.45, 7) is -2.28. The van der Waals surface area contributed by atoms with Gasteiger partial charge in [0.05, 0.1) is 6.61 Å². The number of aromatic nitrogens is 2. The van der Waals surface area contributed by atoms with E-state index >= 15 is 0 Å². The number of thioether (sulfide) groups is 1. The molecule has 2 atom stereocenters. The normalized spacial score (nSPS) is 17.0. The fourth-order valence-electron chi connectivity index (χ4n) is 4.60. The lowest BCUT2D eigenvalue weighted by Crippen LogP contribution is -2.41. The predicted octanol–water partition coefficient (Wildman–Crippen LogP) is 4.91. The highest BCUT2D eigenvalue weighted by molar-refractivity contribution is 8.00. The molecule has 44 heavy (non-hydrogen) atoms. The van der Waals surface area contributed by atoms with Crippen molar-refractivity contribution in [2.24, 2.45) is 11.7 Å². The van der Waals surface area contributed by atoms with Gasteiger partial charge in [-0.15, -0.1) is 11.8 Å². The molecule has 0 spiro atoms. The van der Waals surface area contributed by atoms with Crippen LogP contribution in [0.2, 0.25) is 10.0 Å². The molecule has 3 heterocycles. The lowest BCUT2D eigenvalue weighted by atomic mass is 10.0. The molecule has 0 bridgehead atoms. The number of ether oxygens (including phenoxy) is 3. The number of halogens is 4. The van der Waals surface area contributed by atoms with Gasteiger partial charge >= 0.3 is 12.6 Å². The van der Waals surface area contributed by atoms with E-state index in [1.54, 1.807) is 12.1 Å². The van der Waals surface area contributed by atoms with E-state index in [0.717, 1.165) is 25.2 Å². The zero-order valence-electron chi connectivity index (χ0n) is 23.2. The third-order valence-corrected chi connectivity index (χ3v) is 8.90. The Morgan fingerprint density at radius 3 is 2.59 bits per heavy atom. The van der Waals surface area contributed by atoms with Gasteiger partial charge in [-0.3, -0.25) is 9.78 Å². The fourth-order valence-corrected chi connectivity index (χ4v) is 6.30. The first-order valence-electron chi connectivity index (χ1n) is 13.7. The minimum Gasteiger partial charge on any atom is -0.619 e. The van der Waals surface area contributed by atoms with E-state index < -0.39 is 30.0 Å². The summed E-state index contributed by atoms with van der Waals surface area (Å²) in [5.41, 5.74) is 7.26. The van der Waals surface area contributed by atoms with Crippen molar-refractivity contribution in [3.8, 4) is 11.5 Å². The molecule has 15 heteroatoms. The number of hydrogen-bond donors (Lipinski definition) is 1. The predicted molar refractivity (Wildman–Crippen MR) is 159 cm³/mol. The van der Waals surface area contributed by atoms with Crippen LogP contribution in [-0.2, 0) is 22.5 Å². The van der Waals surface area contributed by atoms with Gasteiger partial charge in [-0.1, -0.05) is 29.3 Å². The number of alkyl halides is 2. The minimum absolute atomic E-state index is 0.0364. The molecule has 10 nitrogen and oxygen atoms in total. The Hall–Kier alpha value is -3.39. The van der Waals surface area contributed by atoms with Crippen LogP contribution in [-0.4, -0.2) is 52.7 Å². The van der Waals surface area contributed by atoms with E-state index in [-0.39, 0.29) is 46.7 Å². The third kappa shape index (κ3) is 7.81. The van der Waals surface area contributed by atoms with Crippen LogP contribution >= 0.6 is 35.0 Å². The Bertz CT molecular complexity index is 1510. The standard InChI is InChI=1S/C29H28Cl2F2N4O6S/c30-20-13-36(40)14-21(31)19(20)11-24(18-3-4-23(43-29(32)33)25(10-18)41-15-16-1-2-16)42-28(39)27-37(7-8-44-27)26(38)22-9-17(12-34)5-6-35-22/h3-6,9-10,13-14,16,24,27,29H,1-2,7-8,11-12,15,34H2/t24-,27-/m0/s1. The molecular weight excluding hydrogens is 641 g/mol. The first kappa shape index (κ1) is 32.0. The van der Waals surface area contributed by atoms with Gasteiger partial charge in [-0.2, -0.15) is 13.5 Å². The fraction of sp³-hybridized carbons (Fsp3) is 0.379. The number of nitrogens with two attached hydrogens (primary N) is 1. The summed E-state index contributed by atoms with van der Waals surface area (Å²) in [5.74, 6) is -0.510. The molecule has 234 valence electrons. The molecule has 1 aliphatic carbocycles. The number of nitrogens with zero attached hydrogens (tertiary/aromatic N) is 3. The summed E-state index contributed by atoms with van der Waals surface area (Å²) in [7, 11) is 0. The molecule has 0 radical (unpaired) electrons. The number of amides is 1. The summed E-state index contributed by atoms with van der Waals surface area (Å²) >= 11 is 13.9. The van der Waals surface area contributed by atoms with E-state index in [0.29, 0.717) is 39.7 Å². The Morgan fingerprint density at radius 1 is 1.16 bits per heavy atom. The van der Waals surface area contributed by atoms with Gasteiger partial charge in [0, 0.05) is 37.0 Å². The lowest BCUT2D eigenvalue weighted by molar-refractivity contribution is -0.605. The van der Waals surface area contributed by atoms with Crippen LogP contribution in [0.5, 0.6) is 11.5 Å². The van der Waals surface area contributed by atoms with Crippen LogP contribution < -0.4 is 19.9 Å². The highest BCUT2D eigenvalue weighted by Crippen LogP contribution is 2.38. The number of pyridine rings is 2. The van der Waals surface area contributed by atoms with Gasteiger partial charge in [0.1, 0.15) is 21.8 Å². The van der Waals surface area contributed by atoms with Crippen molar-refractivity contribution in [1.29, 1.82) is 0 Å². The Balaban J connectivity index is 1.45. The average molecular weight is 670 g/mol. The van der Waals surface area contributed by atoms with Gasteiger partial charge < -0.3 is 30.1 Å². The molecule has 0 unspecified atom stereocenters. The maximum Gasteiger partial charge on any atom is 0.387 e. The SMILES string of the molecule is NCc1ccnc(C(=O)N2CCS[C@H]2C(=O)O[C@@H](Cc2c(Cl)c[n+]([O-])cc2Cl)c2ccc(OC(F)F)c(OCC3CC3)c2)c1. The smallest absolute Gasteiger partial charge is 0.387 e. The molecule has 1 saturated heterocycles. The topological polar surface area (TPSA) is 131 Å². The van der Waals surface area contributed by atoms with Crippen molar-refractivity contribution < 1.29 is 37.3 Å². The van der Waals surface area contributed by atoms with Crippen molar-refractivity contribution in [2.75, 3.05) is 18.9 Å². The van der Waals surface area contributed by atoms with Crippen LogP contribution in [0, 0.1) is 11.1 Å². The quantitative estimate of drug-likeness (QED) is 0.162. The van der Waals surface area contributed by atoms with Crippen LogP contribution in [0.25, 0.3) is 0 Å². The van der Waals surface area contributed by atoms with Gasteiger partial charge in [-0.05, 0) is 54.2 Å².